The third-order valence-corrected chi connectivity index (χ3v) is 6.30. The molecule has 1 unspecified atom stereocenters. The van der Waals surface area contributed by atoms with Gasteiger partial charge >= 0.3 is 0 Å². The molecule has 0 N–H and O–H groups in total. The van der Waals surface area contributed by atoms with Crippen molar-refractivity contribution in [1.82, 2.24) is 0 Å². The molecule has 1 aliphatic rings. The lowest BCUT2D eigenvalue weighted by molar-refractivity contribution is 0.567. The third kappa shape index (κ3) is 5.45. The summed E-state index contributed by atoms with van der Waals surface area (Å²) in [6, 6.07) is 28.4. The van der Waals surface area contributed by atoms with E-state index in [1.54, 1.807) is 0 Å². The number of nitrogens with zero attached hydrogens (tertiary/aromatic N) is 2. The number of rotatable bonds is 4. The molecule has 0 saturated carbocycles. The molecule has 0 spiro atoms. The monoisotopic (exact) mass is 436 g/mol. The van der Waals surface area contributed by atoms with Gasteiger partial charge in [0, 0.05) is 6.42 Å². The summed E-state index contributed by atoms with van der Waals surface area (Å²) in [4.78, 5) is 0. The van der Waals surface area contributed by atoms with Gasteiger partial charge in [-0.15, -0.1) is 0 Å². The zero-order valence-corrected chi connectivity index (χ0v) is 20.8. The van der Waals surface area contributed by atoms with Gasteiger partial charge in [-0.2, -0.15) is 5.10 Å². The van der Waals surface area contributed by atoms with E-state index in [-0.39, 0.29) is 16.9 Å². The summed E-state index contributed by atoms with van der Waals surface area (Å²) < 4.78 is 0. The first-order valence-corrected chi connectivity index (χ1v) is 11.9. The Balaban J connectivity index is 1.79. The highest BCUT2D eigenvalue weighted by Gasteiger charge is 2.30. The first-order chi connectivity index (χ1) is 15.6. The Morgan fingerprint density at radius 1 is 0.727 bits per heavy atom. The summed E-state index contributed by atoms with van der Waals surface area (Å²) in [5, 5.41) is 7.38. The topological polar surface area (TPSA) is 15.6 Å². The van der Waals surface area contributed by atoms with Crippen molar-refractivity contribution >= 4 is 17.5 Å². The Labute approximate surface area is 199 Å². The normalized spacial score (nSPS) is 17.0. The van der Waals surface area contributed by atoms with Crippen molar-refractivity contribution in [3.63, 3.8) is 0 Å². The van der Waals surface area contributed by atoms with Crippen molar-refractivity contribution in [1.29, 1.82) is 0 Å². The van der Waals surface area contributed by atoms with Crippen LogP contribution in [0.25, 0.3) is 6.08 Å². The largest absolute Gasteiger partial charge is 0.257 e. The molecular weight excluding hydrogens is 400 g/mol. The molecule has 4 rings (SSSR count). The lowest BCUT2D eigenvalue weighted by atomic mass is 9.80. The first-order valence-electron chi connectivity index (χ1n) is 11.9. The molecule has 170 valence electrons. The van der Waals surface area contributed by atoms with E-state index < -0.39 is 0 Å². The highest BCUT2D eigenvalue weighted by molar-refractivity contribution is 6.01. The fourth-order valence-corrected chi connectivity index (χ4v) is 4.17. The van der Waals surface area contributed by atoms with Gasteiger partial charge in [0.15, 0.2) is 0 Å². The van der Waals surface area contributed by atoms with Gasteiger partial charge in [-0.3, -0.25) is 5.01 Å². The van der Waals surface area contributed by atoms with Gasteiger partial charge in [-0.05, 0) is 51.3 Å². The lowest BCUT2D eigenvalue weighted by Gasteiger charge is -2.30. The van der Waals surface area contributed by atoms with Gasteiger partial charge in [0.2, 0.25) is 0 Å². The van der Waals surface area contributed by atoms with Crippen LogP contribution in [0.3, 0.4) is 0 Å². The van der Waals surface area contributed by atoms with Gasteiger partial charge in [0.1, 0.15) is 0 Å². The maximum Gasteiger partial charge on any atom is 0.0831 e. The molecule has 0 amide bonds. The molecule has 1 atom stereocenters. The number of benzene rings is 3. The van der Waals surface area contributed by atoms with E-state index in [9.17, 15) is 0 Å². The summed E-state index contributed by atoms with van der Waals surface area (Å²) in [5.74, 6) is 0. The zero-order chi connectivity index (χ0) is 23.6. The molecule has 1 heterocycles. The van der Waals surface area contributed by atoms with E-state index in [4.69, 9.17) is 5.10 Å². The maximum atomic E-state index is 5.14. The second-order valence-electron chi connectivity index (χ2n) is 11.1. The molecule has 0 saturated heterocycles. The Hall–Kier alpha value is -3.13. The Bertz CT molecular complexity index is 1110. The Kier molecular flexibility index (Phi) is 6.30. The van der Waals surface area contributed by atoms with Gasteiger partial charge in [0.05, 0.1) is 17.4 Å². The van der Waals surface area contributed by atoms with E-state index in [0.717, 1.165) is 12.1 Å². The standard InChI is InChI=1S/C31H36N2/c1-30(2,3)25-19-26(31(4,5)6)21-28(20-25)33-29(24-15-11-8-12-16-24)22-27(32-33)18-17-23-13-9-7-10-14-23/h7-21,29H,22H2,1-6H3. The van der Waals surface area contributed by atoms with E-state index in [1.165, 1.54) is 27.9 Å². The van der Waals surface area contributed by atoms with Crippen LogP contribution in [0.4, 0.5) is 5.69 Å². The minimum Gasteiger partial charge on any atom is -0.257 e. The van der Waals surface area contributed by atoms with Crippen molar-refractivity contribution < 1.29 is 0 Å². The molecule has 0 bridgehead atoms. The highest BCUT2D eigenvalue weighted by Crippen LogP contribution is 2.40. The van der Waals surface area contributed by atoms with Crippen LogP contribution in [0, 0.1) is 0 Å². The second kappa shape index (κ2) is 9.02. The maximum absolute atomic E-state index is 5.14. The zero-order valence-electron chi connectivity index (χ0n) is 20.8. The summed E-state index contributed by atoms with van der Waals surface area (Å²) >= 11 is 0. The molecule has 3 aromatic carbocycles. The van der Waals surface area contributed by atoms with Crippen LogP contribution in [-0.4, -0.2) is 5.71 Å². The Morgan fingerprint density at radius 3 is 1.82 bits per heavy atom. The summed E-state index contributed by atoms with van der Waals surface area (Å²) in [6.07, 6.45) is 5.22. The molecule has 0 aliphatic carbocycles. The van der Waals surface area contributed by atoms with Crippen molar-refractivity contribution in [2.75, 3.05) is 5.01 Å². The number of hydrazone groups is 1. The molecular formula is C31H36N2. The SMILES string of the molecule is CC(C)(C)c1cc(N2N=C(C=Cc3ccccc3)CC2c2ccccc2)cc(C(C)(C)C)c1. The van der Waals surface area contributed by atoms with Crippen molar-refractivity contribution in [3.05, 3.63) is 107 Å². The molecule has 0 fully saturated rings. The van der Waals surface area contributed by atoms with Crippen LogP contribution in [0.5, 0.6) is 0 Å². The van der Waals surface area contributed by atoms with Gasteiger partial charge < -0.3 is 0 Å². The summed E-state index contributed by atoms with van der Waals surface area (Å²) in [5.41, 5.74) is 7.59. The second-order valence-corrected chi connectivity index (χ2v) is 11.1. The van der Waals surface area contributed by atoms with Crippen LogP contribution >= 0.6 is 0 Å². The molecule has 0 radical (unpaired) electrons. The average Bonchev–Trinajstić information content (AvgIpc) is 3.22. The van der Waals surface area contributed by atoms with E-state index in [2.05, 4.69) is 131 Å². The van der Waals surface area contributed by atoms with E-state index in [0.29, 0.717) is 0 Å². The molecule has 2 heteroatoms. The Morgan fingerprint density at radius 2 is 1.27 bits per heavy atom. The lowest BCUT2D eigenvalue weighted by Crippen LogP contribution is -2.22. The third-order valence-electron chi connectivity index (χ3n) is 6.30. The predicted octanol–water partition coefficient (Wildman–Crippen LogP) is 8.30. The van der Waals surface area contributed by atoms with Crippen LogP contribution in [-0.2, 0) is 10.8 Å². The minimum atomic E-state index is 0.0672. The average molecular weight is 437 g/mol. The highest BCUT2D eigenvalue weighted by atomic mass is 15.5. The number of hydrogen-bond donors (Lipinski definition) is 0. The first kappa shape index (κ1) is 23.0. The smallest absolute Gasteiger partial charge is 0.0831 e. The van der Waals surface area contributed by atoms with Crippen LogP contribution in [0.1, 0.15) is 76.3 Å². The quantitative estimate of drug-likeness (QED) is 0.401. The molecule has 0 aromatic heterocycles. The van der Waals surface area contributed by atoms with Crippen LogP contribution in [0.15, 0.2) is 90.0 Å². The van der Waals surface area contributed by atoms with Crippen molar-refractivity contribution in [2.45, 2.75) is 64.8 Å². The van der Waals surface area contributed by atoms with Gasteiger partial charge in [0.25, 0.3) is 0 Å². The number of anilines is 1. The fourth-order valence-electron chi connectivity index (χ4n) is 4.17. The van der Waals surface area contributed by atoms with E-state index >= 15 is 0 Å². The van der Waals surface area contributed by atoms with Gasteiger partial charge in [-0.25, -0.2) is 0 Å². The molecule has 3 aromatic rings. The van der Waals surface area contributed by atoms with E-state index in [1.807, 2.05) is 6.07 Å². The predicted molar refractivity (Wildman–Crippen MR) is 143 cm³/mol. The molecule has 33 heavy (non-hydrogen) atoms. The number of allylic oxidation sites excluding steroid dienone is 1. The minimum absolute atomic E-state index is 0.0672. The molecule has 2 nitrogen and oxygen atoms in total. The summed E-state index contributed by atoms with van der Waals surface area (Å²) in [7, 11) is 0. The van der Waals surface area contributed by atoms with Crippen molar-refractivity contribution in [2.24, 2.45) is 5.10 Å². The van der Waals surface area contributed by atoms with Gasteiger partial charge in [-0.1, -0.05) is 114 Å². The molecule has 1 aliphatic heterocycles. The fraction of sp³-hybridized carbons (Fsp3) is 0.323. The van der Waals surface area contributed by atoms with Crippen LogP contribution < -0.4 is 5.01 Å². The van der Waals surface area contributed by atoms with Crippen LogP contribution in [0.2, 0.25) is 0 Å². The number of hydrogen-bond acceptors (Lipinski definition) is 2. The summed E-state index contributed by atoms with van der Waals surface area (Å²) in [6.45, 7) is 13.7. The van der Waals surface area contributed by atoms with Crippen molar-refractivity contribution in [3.8, 4) is 0 Å².